The molecule has 0 spiro atoms. The van der Waals surface area contributed by atoms with Gasteiger partial charge in [-0.2, -0.15) is 5.10 Å². The second-order valence-corrected chi connectivity index (χ2v) is 5.51. The van der Waals surface area contributed by atoms with Crippen LogP contribution in [-0.2, 0) is 0 Å². The van der Waals surface area contributed by atoms with Crippen LogP contribution >= 0.6 is 23.2 Å². The summed E-state index contributed by atoms with van der Waals surface area (Å²) in [5.41, 5.74) is 6.01. The van der Waals surface area contributed by atoms with Gasteiger partial charge >= 0.3 is 5.88 Å². The predicted octanol–water partition coefficient (Wildman–Crippen LogP) is 3.45. The standard InChI is InChI=1S/C14H8Cl2N4O4/c15-9-2-1-7(5-10(9)16)19-6-8(14(17)21)13(18-19)11-3-4-12(24-11)20(22)23/h1-6H,(H2,17,21). The predicted molar refractivity (Wildman–Crippen MR) is 86.5 cm³/mol. The number of aromatic nitrogens is 2. The number of nitrogens with zero attached hydrogens (tertiary/aromatic N) is 3. The smallest absolute Gasteiger partial charge is 0.399 e. The molecular formula is C14H8Cl2N4O4. The Hall–Kier alpha value is -2.84. The van der Waals surface area contributed by atoms with E-state index in [4.69, 9.17) is 33.4 Å². The van der Waals surface area contributed by atoms with Crippen LogP contribution in [0.25, 0.3) is 17.1 Å². The van der Waals surface area contributed by atoms with Crippen molar-refractivity contribution in [1.29, 1.82) is 0 Å². The minimum absolute atomic E-state index is 0.0466. The molecule has 0 bridgehead atoms. The summed E-state index contributed by atoms with van der Waals surface area (Å²) in [6.45, 7) is 0. The number of carbonyl (C=O) groups excluding carboxylic acids is 1. The van der Waals surface area contributed by atoms with Crippen molar-refractivity contribution < 1.29 is 14.1 Å². The summed E-state index contributed by atoms with van der Waals surface area (Å²) in [5.74, 6) is -1.17. The minimum Gasteiger partial charge on any atom is -0.399 e. The maximum Gasteiger partial charge on any atom is 0.433 e. The van der Waals surface area contributed by atoms with E-state index in [0.717, 1.165) is 6.07 Å². The highest BCUT2D eigenvalue weighted by Crippen LogP contribution is 2.29. The quantitative estimate of drug-likeness (QED) is 0.560. The molecule has 0 aliphatic rings. The molecule has 1 aromatic carbocycles. The lowest BCUT2D eigenvalue weighted by Crippen LogP contribution is -2.11. The average molecular weight is 367 g/mol. The third-order valence-electron chi connectivity index (χ3n) is 3.15. The van der Waals surface area contributed by atoms with Crippen molar-refractivity contribution in [3.8, 4) is 17.1 Å². The van der Waals surface area contributed by atoms with Gasteiger partial charge in [-0.15, -0.1) is 0 Å². The first kappa shape index (κ1) is 16.0. The van der Waals surface area contributed by atoms with Crippen molar-refractivity contribution in [2.24, 2.45) is 5.73 Å². The van der Waals surface area contributed by atoms with Crippen LogP contribution in [0, 0.1) is 10.1 Å². The normalized spacial score (nSPS) is 10.8. The Balaban J connectivity index is 2.12. The Kier molecular flexibility index (Phi) is 4.00. The van der Waals surface area contributed by atoms with Crippen LogP contribution in [0.5, 0.6) is 0 Å². The summed E-state index contributed by atoms with van der Waals surface area (Å²) < 4.78 is 6.44. The molecule has 0 unspecified atom stereocenters. The van der Waals surface area contributed by atoms with Crippen LogP contribution in [0.1, 0.15) is 10.4 Å². The van der Waals surface area contributed by atoms with E-state index in [2.05, 4.69) is 5.10 Å². The van der Waals surface area contributed by atoms with Crippen LogP contribution in [0.4, 0.5) is 5.88 Å². The molecule has 2 heterocycles. The zero-order chi connectivity index (χ0) is 17.4. The number of nitrogens with two attached hydrogens (primary N) is 1. The van der Waals surface area contributed by atoms with Crippen molar-refractivity contribution in [3.63, 3.8) is 0 Å². The second kappa shape index (κ2) is 5.99. The van der Waals surface area contributed by atoms with Gasteiger partial charge in [-0.05, 0) is 24.3 Å². The van der Waals surface area contributed by atoms with E-state index in [1.165, 1.54) is 16.9 Å². The monoisotopic (exact) mass is 366 g/mol. The third-order valence-corrected chi connectivity index (χ3v) is 3.89. The summed E-state index contributed by atoms with van der Waals surface area (Å²) in [6, 6.07) is 7.27. The van der Waals surface area contributed by atoms with Crippen LogP contribution in [-0.4, -0.2) is 20.6 Å². The van der Waals surface area contributed by atoms with Crippen molar-refractivity contribution in [2.75, 3.05) is 0 Å². The fourth-order valence-electron chi connectivity index (χ4n) is 2.05. The summed E-state index contributed by atoms with van der Waals surface area (Å²) in [5, 5.41) is 15.6. The van der Waals surface area contributed by atoms with Crippen molar-refractivity contribution in [2.45, 2.75) is 0 Å². The van der Waals surface area contributed by atoms with Gasteiger partial charge in [0.1, 0.15) is 10.6 Å². The molecule has 1 amide bonds. The molecular weight excluding hydrogens is 359 g/mol. The molecule has 0 saturated carbocycles. The molecule has 2 aromatic heterocycles. The first-order valence-corrected chi connectivity index (χ1v) is 7.22. The molecule has 0 saturated heterocycles. The molecule has 3 rings (SSSR count). The van der Waals surface area contributed by atoms with Gasteiger partial charge in [0.15, 0.2) is 5.76 Å². The lowest BCUT2D eigenvalue weighted by Gasteiger charge is -2.02. The SMILES string of the molecule is NC(=O)c1cn(-c2ccc(Cl)c(Cl)c2)nc1-c1ccc([N+](=O)[O-])o1. The summed E-state index contributed by atoms with van der Waals surface area (Å²) in [6.07, 6.45) is 1.38. The van der Waals surface area contributed by atoms with Gasteiger partial charge in [0.05, 0.1) is 27.4 Å². The summed E-state index contributed by atoms with van der Waals surface area (Å²) >= 11 is 11.8. The lowest BCUT2D eigenvalue weighted by molar-refractivity contribution is -0.401. The fraction of sp³-hybridized carbons (Fsp3) is 0. The van der Waals surface area contributed by atoms with Gasteiger partial charge < -0.3 is 10.2 Å². The molecule has 3 aromatic rings. The number of furan rings is 1. The van der Waals surface area contributed by atoms with Crippen molar-refractivity contribution in [3.05, 3.63) is 62.3 Å². The Morgan fingerprint density at radius 3 is 2.58 bits per heavy atom. The molecule has 0 radical (unpaired) electrons. The third kappa shape index (κ3) is 2.84. The lowest BCUT2D eigenvalue weighted by atomic mass is 10.2. The molecule has 2 N–H and O–H groups in total. The largest absolute Gasteiger partial charge is 0.433 e. The van der Waals surface area contributed by atoms with Crippen LogP contribution < -0.4 is 5.73 Å². The maximum atomic E-state index is 11.6. The molecule has 24 heavy (non-hydrogen) atoms. The zero-order valence-corrected chi connectivity index (χ0v) is 13.3. The second-order valence-electron chi connectivity index (χ2n) is 4.69. The van der Waals surface area contributed by atoms with Gasteiger partial charge in [0.2, 0.25) is 0 Å². The van der Waals surface area contributed by atoms with E-state index in [1.807, 2.05) is 0 Å². The average Bonchev–Trinajstić information content (AvgIpc) is 3.15. The Bertz CT molecular complexity index is 964. The van der Waals surface area contributed by atoms with Crippen LogP contribution in [0.2, 0.25) is 10.0 Å². The first-order chi connectivity index (χ1) is 11.4. The van der Waals surface area contributed by atoms with E-state index in [9.17, 15) is 14.9 Å². The van der Waals surface area contributed by atoms with Gasteiger partial charge in [0.25, 0.3) is 5.91 Å². The number of hydrogen-bond acceptors (Lipinski definition) is 5. The molecule has 0 atom stereocenters. The highest BCUT2D eigenvalue weighted by molar-refractivity contribution is 6.42. The van der Waals surface area contributed by atoms with E-state index < -0.39 is 16.7 Å². The Morgan fingerprint density at radius 2 is 2.00 bits per heavy atom. The number of rotatable bonds is 4. The van der Waals surface area contributed by atoms with E-state index in [1.54, 1.807) is 18.2 Å². The van der Waals surface area contributed by atoms with Gasteiger partial charge in [-0.25, -0.2) is 4.68 Å². The number of nitro groups is 1. The summed E-state index contributed by atoms with van der Waals surface area (Å²) in [4.78, 5) is 21.7. The van der Waals surface area contributed by atoms with E-state index in [-0.39, 0.29) is 17.0 Å². The first-order valence-electron chi connectivity index (χ1n) is 6.46. The molecule has 0 aliphatic carbocycles. The molecule has 122 valence electrons. The molecule has 8 nitrogen and oxygen atoms in total. The Morgan fingerprint density at radius 1 is 1.25 bits per heavy atom. The minimum atomic E-state index is -0.754. The topological polar surface area (TPSA) is 117 Å². The molecule has 10 heteroatoms. The van der Waals surface area contributed by atoms with Crippen LogP contribution in [0.15, 0.2) is 40.9 Å². The molecule has 0 aliphatic heterocycles. The van der Waals surface area contributed by atoms with E-state index >= 15 is 0 Å². The number of carbonyl (C=O) groups is 1. The molecule has 0 fully saturated rings. The zero-order valence-electron chi connectivity index (χ0n) is 11.8. The number of primary amides is 1. The van der Waals surface area contributed by atoms with Gasteiger partial charge in [-0.1, -0.05) is 23.2 Å². The fourth-order valence-corrected chi connectivity index (χ4v) is 2.34. The highest BCUT2D eigenvalue weighted by atomic mass is 35.5. The maximum absolute atomic E-state index is 11.6. The van der Waals surface area contributed by atoms with Crippen LogP contribution in [0.3, 0.4) is 0 Å². The highest BCUT2D eigenvalue weighted by Gasteiger charge is 2.22. The van der Waals surface area contributed by atoms with Gasteiger partial charge in [0, 0.05) is 6.20 Å². The Labute approximate surface area is 144 Å². The van der Waals surface area contributed by atoms with E-state index in [0.29, 0.717) is 15.7 Å². The number of benzene rings is 1. The van der Waals surface area contributed by atoms with Gasteiger partial charge in [-0.3, -0.25) is 14.9 Å². The van der Waals surface area contributed by atoms with Crippen molar-refractivity contribution in [1.82, 2.24) is 9.78 Å². The summed E-state index contributed by atoms with van der Waals surface area (Å²) in [7, 11) is 0. The number of amides is 1. The van der Waals surface area contributed by atoms with Crippen molar-refractivity contribution >= 4 is 35.0 Å². The number of hydrogen-bond donors (Lipinski definition) is 1. The number of halogens is 2.